The van der Waals surface area contributed by atoms with Gasteiger partial charge in [-0.25, -0.2) is 0 Å². The molecule has 0 atom stereocenters. The Morgan fingerprint density at radius 3 is 2.70 bits per heavy atom. The number of rotatable bonds is 5. The summed E-state index contributed by atoms with van der Waals surface area (Å²) in [6.07, 6.45) is -1.59. The molecule has 8 heteroatoms. The van der Waals surface area contributed by atoms with Crippen LogP contribution in [0.5, 0.6) is 0 Å². The van der Waals surface area contributed by atoms with Crippen LogP contribution >= 0.6 is 0 Å². The zero-order chi connectivity index (χ0) is 16.9. The molecular formula is C15H21F3N4O. The van der Waals surface area contributed by atoms with Gasteiger partial charge in [-0.05, 0) is 44.0 Å². The number of nitrogens with zero attached hydrogens (tertiary/aromatic N) is 2. The van der Waals surface area contributed by atoms with E-state index in [1.165, 1.54) is 0 Å². The van der Waals surface area contributed by atoms with Gasteiger partial charge < -0.3 is 16.0 Å². The molecule has 0 bridgehead atoms. The summed E-state index contributed by atoms with van der Waals surface area (Å²) in [6, 6.07) is 1.63. The third-order valence-corrected chi connectivity index (χ3v) is 4.02. The van der Waals surface area contributed by atoms with Crippen LogP contribution in [0.2, 0.25) is 0 Å². The zero-order valence-corrected chi connectivity index (χ0v) is 12.8. The van der Waals surface area contributed by atoms with Crippen molar-refractivity contribution in [2.24, 2.45) is 11.7 Å². The Balaban J connectivity index is 1.84. The summed E-state index contributed by atoms with van der Waals surface area (Å²) in [5.41, 5.74) is 4.44. The first-order valence-corrected chi connectivity index (χ1v) is 7.64. The third-order valence-electron chi connectivity index (χ3n) is 4.02. The molecule has 128 valence electrons. The number of amides is 1. The predicted molar refractivity (Wildman–Crippen MR) is 79.8 cm³/mol. The highest BCUT2D eigenvalue weighted by Crippen LogP contribution is 2.29. The number of piperidine rings is 1. The standard InChI is InChI=1S/C15H21F3N4O/c16-15(17,18)12-1-5-20-13(9-12)14(23)21-10-11-2-6-22(7-3-11)8-4-19/h1,5,9,11H,2-4,6-8,10,19H2,(H,21,23). The summed E-state index contributed by atoms with van der Waals surface area (Å²) in [7, 11) is 0. The van der Waals surface area contributed by atoms with Crippen LogP contribution in [-0.4, -0.2) is 48.5 Å². The second-order valence-electron chi connectivity index (χ2n) is 5.71. The third kappa shape index (κ3) is 5.18. The maximum absolute atomic E-state index is 12.6. The zero-order valence-electron chi connectivity index (χ0n) is 12.8. The van der Waals surface area contributed by atoms with Gasteiger partial charge in [0, 0.05) is 25.8 Å². The van der Waals surface area contributed by atoms with Crippen molar-refractivity contribution < 1.29 is 18.0 Å². The molecule has 5 nitrogen and oxygen atoms in total. The van der Waals surface area contributed by atoms with Gasteiger partial charge in [-0.1, -0.05) is 0 Å². The number of pyridine rings is 1. The molecule has 1 aromatic rings. The molecule has 1 amide bonds. The number of nitrogens with one attached hydrogen (secondary N) is 1. The molecule has 1 aliphatic heterocycles. The number of aromatic nitrogens is 1. The fourth-order valence-electron chi connectivity index (χ4n) is 2.66. The first-order valence-electron chi connectivity index (χ1n) is 7.64. The van der Waals surface area contributed by atoms with E-state index >= 15 is 0 Å². The maximum atomic E-state index is 12.6. The minimum Gasteiger partial charge on any atom is -0.350 e. The smallest absolute Gasteiger partial charge is 0.350 e. The lowest BCUT2D eigenvalue weighted by Gasteiger charge is -2.31. The Hall–Kier alpha value is -1.67. The maximum Gasteiger partial charge on any atom is 0.416 e. The molecule has 0 saturated carbocycles. The van der Waals surface area contributed by atoms with Crippen molar-refractivity contribution in [3.63, 3.8) is 0 Å². The minimum absolute atomic E-state index is 0.208. The monoisotopic (exact) mass is 330 g/mol. The second kappa shape index (κ2) is 7.74. The van der Waals surface area contributed by atoms with E-state index in [1.807, 2.05) is 0 Å². The lowest BCUT2D eigenvalue weighted by molar-refractivity contribution is -0.137. The van der Waals surface area contributed by atoms with Crippen molar-refractivity contribution in [3.8, 4) is 0 Å². The number of nitrogens with two attached hydrogens (primary N) is 1. The van der Waals surface area contributed by atoms with E-state index in [4.69, 9.17) is 5.73 Å². The number of carbonyl (C=O) groups excluding carboxylic acids is 1. The lowest BCUT2D eigenvalue weighted by atomic mass is 9.97. The molecule has 0 spiro atoms. The molecule has 1 fully saturated rings. The fourth-order valence-corrected chi connectivity index (χ4v) is 2.66. The van der Waals surface area contributed by atoms with Gasteiger partial charge >= 0.3 is 6.18 Å². The lowest BCUT2D eigenvalue weighted by Crippen LogP contribution is -2.40. The number of halogens is 3. The van der Waals surface area contributed by atoms with E-state index in [1.54, 1.807) is 0 Å². The SMILES string of the molecule is NCCN1CCC(CNC(=O)c2cc(C(F)(F)F)ccn2)CC1. The quantitative estimate of drug-likeness (QED) is 0.858. The van der Waals surface area contributed by atoms with E-state index in [0.717, 1.165) is 50.8 Å². The second-order valence-corrected chi connectivity index (χ2v) is 5.71. The van der Waals surface area contributed by atoms with Crippen molar-refractivity contribution in [2.45, 2.75) is 19.0 Å². The van der Waals surface area contributed by atoms with Gasteiger partial charge in [0.25, 0.3) is 5.91 Å². The van der Waals surface area contributed by atoms with Gasteiger partial charge in [0.1, 0.15) is 5.69 Å². The average Bonchev–Trinajstić information content (AvgIpc) is 2.53. The highest BCUT2D eigenvalue weighted by Gasteiger charge is 2.31. The van der Waals surface area contributed by atoms with Crippen molar-refractivity contribution in [1.29, 1.82) is 0 Å². The summed E-state index contributed by atoms with van der Waals surface area (Å²) in [5.74, 6) is -0.237. The van der Waals surface area contributed by atoms with Crippen molar-refractivity contribution in [3.05, 3.63) is 29.6 Å². The Morgan fingerprint density at radius 1 is 1.39 bits per heavy atom. The molecule has 1 saturated heterocycles. The van der Waals surface area contributed by atoms with Crippen LogP contribution in [0, 0.1) is 5.92 Å². The first-order chi connectivity index (χ1) is 10.9. The van der Waals surface area contributed by atoms with Crippen molar-refractivity contribution in [1.82, 2.24) is 15.2 Å². The van der Waals surface area contributed by atoms with Crippen LogP contribution in [0.1, 0.15) is 28.9 Å². The summed E-state index contributed by atoms with van der Waals surface area (Å²) in [5, 5.41) is 2.68. The molecule has 2 rings (SSSR count). The van der Waals surface area contributed by atoms with Crippen LogP contribution in [0.15, 0.2) is 18.3 Å². The molecular weight excluding hydrogens is 309 g/mol. The topological polar surface area (TPSA) is 71.2 Å². The number of likely N-dealkylation sites (tertiary alicyclic amines) is 1. The van der Waals surface area contributed by atoms with Crippen molar-refractivity contribution >= 4 is 5.91 Å². The van der Waals surface area contributed by atoms with Crippen LogP contribution in [0.25, 0.3) is 0 Å². The average molecular weight is 330 g/mol. The molecule has 23 heavy (non-hydrogen) atoms. The fraction of sp³-hybridized carbons (Fsp3) is 0.600. The van der Waals surface area contributed by atoms with Gasteiger partial charge in [0.2, 0.25) is 0 Å². The Morgan fingerprint density at radius 2 is 2.09 bits per heavy atom. The summed E-state index contributed by atoms with van der Waals surface area (Å²) in [6.45, 7) is 3.81. The highest BCUT2D eigenvalue weighted by molar-refractivity contribution is 5.92. The number of alkyl halides is 3. The van der Waals surface area contributed by atoms with Crippen LogP contribution < -0.4 is 11.1 Å². The molecule has 0 unspecified atom stereocenters. The summed E-state index contributed by atoms with van der Waals surface area (Å²) >= 11 is 0. The summed E-state index contributed by atoms with van der Waals surface area (Å²) in [4.78, 5) is 18.0. The van der Waals surface area contributed by atoms with E-state index < -0.39 is 17.6 Å². The van der Waals surface area contributed by atoms with Gasteiger partial charge in [0.05, 0.1) is 5.56 Å². The van der Waals surface area contributed by atoms with E-state index in [-0.39, 0.29) is 5.69 Å². The normalized spacial score (nSPS) is 17.2. The molecule has 0 radical (unpaired) electrons. The number of hydrogen-bond acceptors (Lipinski definition) is 4. The van der Waals surface area contributed by atoms with Gasteiger partial charge in [-0.3, -0.25) is 9.78 Å². The molecule has 2 heterocycles. The first kappa shape index (κ1) is 17.7. The van der Waals surface area contributed by atoms with E-state index in [2.05, 4.69) is 15.2 Å². The molecule has 1 aromatic heterocycles. The molecule has 3 N–H and O–H groups in total. The number of hydrogen-bond donors (Lipinski definition) is 2. The summed E-state index contributed by atoms with van der Waals surface area (Å²) < 4.78 is 37.9. The Labute approximate surface area is 133 Å². The van der Waals surface area contributed by atoms with Crippen molar-refractivity contribution in [2.75, 3.05) is 32.7 Å². The van der Waals surface area contributed by atoms with Crippen LogP contribution in [-0.2, 0) is 6.18 Å². The molecule has 0 aromatic carbocycles. The Bertz CT molecular complexity index is 528. The van der Waals surface area contributed by atoms with Gasteiger partial charge in [-0.2, -0.15) is 13.2 Å². The van der Waals surface area contributed by atoms with Gasteiger partial charge in [-0.15, -0.1) is 0 Å². The molecule has 1 aliphatic rings. The van der Waals surface area contributed by atoms with Crippen LogP contribution in [0.3, 0.4) is 0 Å². The highest BCUT2D eigenvalue weighted by atomic mass is 19.4. The Kier molecular flexibility index (Phi) is 5.95. The minimum atomic E-state index is -4.48. The largest absolute Gasteiger partial charge is 0.416 e. The van der Waals surface area contributed by atoms with Gasteiger partial charge in [0.15, 0.2) is 0 Å². The van der Waals surface area contributed by atoms with E-state index in [0.29, 0.717) is 19.0 Å². The number of carbonyl (C=O) groups is 1. The van der Waals surface area contributed by atoms with E-state index in [9.17, 15) is 18.0 Å². The predicted octanol–water partition coefficient (Wildman–Crippen LogP) is 1.50. The molecule has 0 aliphatic carbocycles. The van der Waals surface area contributed by atoms with Crippen LogP contribution in [0.4, 0.5) is 13.2 Å².